The van der Waals surface area contributed by atoms with Gasteiger partial charge in [0.25, 0.3) is 11.6 Å². The van der Waals surface area contributed by atoms with E-state index in [0.29, 0.717) is 31.2 Å². The van der Waals surface area contributed by atoms with E-state index < -0.39 is 4.92 Å². The molecule has 1 amide bonds. The lowest BCUT2D eigenvalue weighted by Crippen LogP contribution is -2.27. The molecule has 0 aromatic heterocycles. The average molecular weight is 562 g/mol. The van der Waals surface area contributed by atoms with Gasteiger partial charge >= 0.3 is 0 Å². The van der Waals surface area contributed by atoms with E-state index in [1.54, 1.807) is 48.5 Å². The summed E-state index contributed by atoms with van der Waals surface area (Å²) in [6, 6.07) is 18.6. The SMILES string of the molecule is O=C1/C(=C\c2cc(Br)ccc2OCc2ccc([N+](=O)[O-])cc2)SC(=S)N1c1cccc(Cl)c1. The Morgan fingerprint density at radius 1 is 1.15 bits per heavy atom. The van der Waals surface area contributed by atoms with Crippen LogP contribution in [0.2, 0.25) is 5.02 Å². The number of carbonyl (C=O) groups is 1. The van der Waals surface area contributed by atoms with Crippen LogP contribution in [0.15, 0.2) is 76.1 Å². The fraction of sp³-hybridized carbons (Fsp3) is 0.0435. The monoisotopic (exact) mass is 560 g/mol. The van der Waals surface area contributed by atoms with Gasteiger partial charge in [0.2, 0.25) is 0 Å². The molecule has 1 aliphatic rings. The van der Waals surface area contributed by atoms with Crippen molar-refractivity contribution in [2.75, 3.05) is 4.90 Å². The number of nitro benzene ring substituents is 1. The van der Waals surface area contributed by atoms with E-state index in [0.717, 1.165) is 10.0 Å². The number of hydrogen-bond donors (Lipinski definition) is 0. The predicted octanol–water partition coefficient (Wildman–Crippen LogP) is 7.00. The number of ether oxygens (including phenoxy) is 1. The van der Waals surface area contributed by atoms with Crippen molar-refractivity contribution in [3.63, 3.8) is 0 Å². The molecule has 0 N–H and O–H groups in total. The topological polar surface area (TPSA) is 72.7 Å². The molecule has 0 bridgehead atoms. The van der Waals surface area contributed by atoms with Crippen molar-refractivity contribution in [3.8, 4) is 5.75 Å². The molecule has 1 aliphatic heterocycles. The van der Waals surface area contributed by atoms with Crippen molar-refractivity contribution in [2.24, 2.45) is 0 Å². The molecular formula is C23H14BrClN2O4S2. The first kappa shape index (κ1) is 23.4. The third kappa shape index (κ3) is 5.44. The van der Waals surface area contributed by atoms with Crippen LogP contribution in [0.1, 0.15) is 11.1 Å². The second-order valence-electron chi connectivity index (χ2n) is 6.89. The van der Waals surface area contributed by atoms with Crippen molar-refractivity contribution in [2.45, 2.75) is 6.61 Å². The number of carbonyl (C=O) groups excluding carboxylic acids is 1. The molecule has 3 aromatic carbocycles. The molecule has 0 spiro atoms. The van der Waals surface area contributed by atoms with Gasteiger partial charge in [0.1, 0.15) is 12.4 Å². The van der Waals surface area contributed by atoms with Crippen LogP contribution in [-0.2, 0) is 11.4 Å². The highest BCUT2D eigenvalue weighted by Gasteiger charge is 2.33. The number of amides is 1. The fourth-order valence-corrected chi connectivity index (χ4v) is 4.94. The lowest BCUT2D eigenvalue weighted by Gasteiger charge is -2.14. The highest BCUT2D eigenvalue weighted by Crippen LogP contribution is 2.38. The Morgan fingerprint density at radius 3 is 2.61 bits per heavy atom. The second kappa shape index (κ2) is 10.0. The van der Waals surface area contributed by atoms with Crippen molar-refractivity contribution >= 4 is 79.2 Å². The van der Waals surface area contributed by atoms with Gasteiger partial charge in [-0.25, -0.2) is 0 Å². The summed E-state index contributed by atoms with van der Waals surface area (Å²) in [6.45, 7) is 0.212. The number of thiocarbonyl (C=S) groups is 1. The zero-order valence-electron chi connectivity index (χ0n) is 16.7. The van der Waals surface area contributed by atoms with Gasteiger partial charge in [0, 0.05) is 27.2 Å². The molecule has 3 aromatic rings. The van der Waals surface area contributed by atoms with Gasteiger partial charge < -0.3 is 4.74 Å². The Labute approximate surface area is 212 Å². The molecule has 0 radical (unpaired) electrons. The average Bonchev–Trinajstić information content (AvgIpc) is 3.06. The largest absolute Gasteiger partial charge is 0.488 e. The Morgan fingerprint density at radius 2 is 1.91 bits per heavy atom. The Balaban J connectivity index is 1.58. The predicted molar refractivity (Wildman–Crippen MR) is 139 cm³/mol. The minimum Gasteiger partial charge on any atom is -0.488 e. The van der Waals surface area contributed by atoms with E-state index in [4.69, 9.17) is 28.6 Å². The standard InChI is InChI=1S/C23H14BrClN2O4S2/c24-16-6-9-20(31-13-14-4-7-18(8-5-14)27(29)30)15(10-16)11-21-22(28)26(23(32)33-21)19-3-1-2-17(25)12-19/h1-12H,13H2/b21-11+. The van der Waals surface area contributed by atoms with Crippen molar-refractivity contribution in [1.82, 2.24) is 0 Å². The van der Waals surface area contributed by atoms with Gasteiger partial charge in [-0.1, -0.05) is 57.6 Å². The minimum atomic E-state index is -0.447. The smallest absolute Gasteiger partial charge is 0.270 e. The molecule has 166 valence electrons. The first-order valence-corrected chi connectivity index (χ1v) is 11.9. The summed E-state index contributed by atoms with van der Waals surface area (Å²) in [4.78, 5) is 25.4. The van der Waals surface area contributed by atoms with E-state index >= 15 is 0 Å². The van der Waals surface area contributed by atoms with Crippen LogP contribution < -0.4 is 9.64 Å². The van der Waals surface area contributed by atoms with Crippen molar-refractivity contribution in [1.29, 1.82) is 0 Å². The van der Waals surface area contributed by atoms with E-state index in [2.05, 4.69) is 15.9 Å². The maximum atomic E-state index is 13.1. The number of thioether (sulfide) groups is 1. The van der Waals surface area contributed by atoms with Crippen LogP contribution in [0, 0.1) is 10.1 Å². The molecule has 1 fully saturated rings. The summed E-state index contributed by atoms with van der Waals surface area (Å²) in [5.41, 5.74) is 2.10. The van der Waals surface area contributed by atoms with Gasteiger partial charge in [-0.05, 0) is 60.2 Å². The molecule has 10 heteroatoms. The number of halogens is 2. The number of benzene rings is 3. The summed E-state index contributed by atoms with van der Waals surface area (Å²) >= 11 is 16.2. The Bertz CT molecular complexity index is 1300. The maximum Gasteiger partial charge on any atom is 0.270 e. The van der Waals surface area contributed by atoms with Crippen molar-refractivity contribution < 1.29 is 14.5 Å². The zero-order valence-corrected chi connectivity index (χ0v) is 20.7. The van der Waals surface area contributed by atoms with Crippen LogP contribution in [0.4, 0.5) is 11.4 Å². The highest BCUT2D eigenvalue weighted by molar-refractivity contribution is 9.10. The fourth-order valence-electron chi connectivity index (χ4n) is 3.09. The molecule has 0 saturated carbocycles. The molecule has 4 rings (SSSR count). The molecule has 1 saturated heterocycles. The summed E-state index contributed by atoms with van der Waals surface area (Å²) < 4.78 is 7.19. The van der Waals surface area contributed by atoms with Gasteiger partial charge in [-0.15, -0.1) is 0 Å². The lowest BCUT2D eigenvalue weighted by molar-refractivity contribution is -0.384. The normalized spacial score (nSPS) is 14.7. The molecule has 6 nitrogen and oxygen atoms in total. The number of hydrogen-bond acceptors (Lipinski definition) is 6. The summed E-state index contributed by atoms with van der Waals surface area (Å²) in [5, 5.41) is 11.3. The zero-order chi connectivity index (χ0) is 23.5. The third-order valence-electron chi connectivity index (χ3n) is 4.66. The van der Waals surface area contributed by atoms with E-state index in [1.165, 1.54) is 28.8 Å². The maximum absolute atomic E-state index is 13.1. The van der Waals surface area contributed by atoms with Gasteiger partial charge in [-0.3, -0.25) is 19.8 Å². The van der Waals surface area contributed by atoms with E-state index in [-0.39, 0.29) is 18.2 Å². The number of nitro groups is 1. The Kier molecular flexibility index (Phi) is 7.14. The minimum absolute atomic E-state index is 0.0183. The highest BCUT2D eigenvalue weighted by atomic mass is 79.9. The van der Waals surface area contributed by atoms with Crippen LogP contribution >= 0.6 is 51.5 Å². The second-order valence-corrected chi connectivity index (χ2v) is 9.92. The number of nitrogens with zero attached hydrogens (tertiary/aromatic N) is 2. The lowest BCUT2D eigenvalue weighted by atomic mass is 10.1. The molecule has 0 unspecified atom stereocenters. The van der Waals surface area contributed by atoms with Crippen molar-refractivity contribution in [3.05, 3.63) is 102 Å². The van der Waals surface area contributed by atoms with Gasteiger partial charge in [-0.2, -0.15) is 0 Å². The summed E-state index contributed by atoms with van der Waals surface area (Å²) in [7, 11) is 0. The van der Waals surface area contributed by atoms with Crippen LogP contribution in [0.5, 0.6) is 5.75 Å². The van der Waals surface area contributed by atoms with Gasteiger partial charge in [0.05, 0.1) is 15.5 Å². The van der Waals surface area contributed by atoms with Gasteiger partial charge in [0.15, 0.2) is 4.32 Å². The third-order valence-corrected chi connectivity index (χ3v) is 6.69. The molecular weight excluding hydrogens is 548 g/mol. The number of anilines is 1. The summed E-state index contributed by atoms with van der Waals surface area (Å²) in [5.74, 6) is 0.318. The molecule has 1 heterocycles. The van der Waals surface area contributed by atoms with Crippen LogP contribution in [0.25, 0.3) is 6.08 Å². The molecule has 33 heavy (non-hydrogen) atoms. The first-order valence-electron chi connectivity index (χ1n) is 9.51. The summed E-state index contributed by atoms with van der Waals surface area (Å²) in [6.07, 6.45) is 1.74. The molecule has 0 aliphatic carbocycles. The van der Waals surface area contributed by atoms with Crippen LogP contribution in [-0.4, -0.2) is 15.2 Å². The quantitative estimate of drug-likeness (QED) is 0.140. The Hall–Kier alpha value is -2.72. The molecule has 0 atom stereocenters. The van der Waals surface area contributed by atoms with Crippen LogP contribution in [0.3, 0.4) is 0 Å². The van der Waals surface area contributed by atoms with E-state index in [1.807, 2.05) is 12.1 Å². The first-order chi connectivity index (χ1) is 15.8. The number of non-ortho nitro benzene ring substituents is 1. The number of rotatable bonds is 6. The van der Waals surface area contributed by atoms with E-state index in [9.17, 15) is 14.9 Å².